The van der Waals surface area contributed by atoms with E-state index in [9.17, 15) is 0 Å². The van der Waals surface area contributed by atoms with E-state index >= 15 is 0 Å². The topological polar surface area (TPSA) is 24.7 Å². The highest BCUT2D eigenvalue weighted by molar-refractivity contribution is 6.31. The number of benzene rings is 1. The van der Waals surface area contributed by atoms with Crippen molar-refractivity contribution in [2.75, 3.05) is 0 Å². The van der Waals surface area contributed by atoms with Gasteiger partial charge in [0.25, 0.3) is 0 Å². The van der Waals surface area contributed by atoms with Gasteiger partial charge in [0.2, 0.25) is 0 Å². The quantitative estimate of drug-likeness (QED) is 0.728. The van der Waals surface area contributed by atoms with Gasteiger partial charge < -0.3 is 0 Å². The van der Waals surface area contributed by atoms with Crippen LogP contribution in [0.5, 0.6) is 0 Å². The molecule has 0 saturated heterocycles. The fraction of sp³-hybridized carbons (Fsp3) is 0.167. The Labute approximate surface area is 94.0 Å². The Balaban J connectivity index is 2.01. The molecule has 0 fully saturated rings. The van der Waals surface area contributed by atoms with Crippen LogP contribution in [0, 0.1) is 0 Å². The normalized spacial score (nSPS) is 17.3. The van der Waals surface area contributed by atoms with Gasteiger partial charge in [0, 0.05) is 23.9 Å². The molecule has 76 valence electrons. The molecule has 0 N–H and O–H groups in total. The first-order chi connectivity index (χ1) is 7.34. The molecule has 0 spiro atoms. The first-order valence-electron chi connectivity index (χ1n) is 4.80. The lowest BCUT2D eigenvalue weighted by atomic mass is 10.2. The third-order valence-electron chi connectivity index (χ3n) is 2.12. The molecular weight excluding hydrogens is 208 g/mol. The fourth-order valence-corrected chi connectivity index (χ4v) is 1.43. The van der Waals surface area contributed by atoms with Crippen molar-refractivity contribution in [3.05, 3.63) is 47.1 Å². The average molecular weight is 219 g/mol. The minimum absolute atomic E-state index is 0.687. The zero-order valence-electron chi connectivity index (χ0n) is 8.23. The largest absolute Gasteiger partial charge is 0.283 e. The van der Waals surface area contributed by atoms with E-state index < -0.39 is 0 Å². The summed E-state index contributed by atoms with van der Waals surface area (Å²) in [6.07, 6.45) is 6.47. The van der Waals surface area contributed by atoms with Crippen molar-refractivity contribution in [3.8, 4) is 0 Å². The molecule has 2 rings (SSSR count). The number of hydrogen-bond acceptors (Lipinski definition) is 2. The molecule has 0 unspecified atom stereocenters. The van der Waals surface area contributed by atoms with Gasteiger partial charge in [-0.2, -0.15) is 0 Å². The maximum Gasteiger partial charge on any atom is 0.0643 e. The van der Waals surface area contributed by atoms with E-state index in [-0.39, 0.29) is 0 Å². The second-order valence-electron chi connectivity index (χ2n) is 3.30. The van der Waals surface area contributed by atoms with Gasteiger partial charge in [-0.1, -0.05) is 29.8 Å². The van der Waals surface area contributed by atoms with Crippen LogP contribution in [0.4, 0.5) is 0 Å². The van der Waals surface area contributed by atoms with Crippen molar-refractivity contribution >= 4 is 23.5 Å². The molecule has 0 amide bonds. The lowest BCUT2D eigenvalue weighted by molar-refractivity contribution is 1.06. The van der Waals surface area contributed by atoms with E-state index in [1.165, 1.54) is 0 Å². The van der Waals surface area contributed by atoms with Gasteiger partial charge in [-0.3, -0.25) is 9.98 Å². The smallest absolute Gasteiger partial charge is 0.0643 e. The van der Waals surface area contributed by atoms with Crippen LogP contribution in [0.3, 0.4) is 0 Å². The van der Waals surface area contributed by atoms with Crippen LogP contribution in [0.25, 0.3) is 0 Å². The van der Waals surface area contributed by atoms with E-state index in [0.29, 0.717) is 6.54 Å². The summed E-state index contributed by atoms with van der Waals surface area (Å²) in [5.74, 6) is 0. The van der Waals surface area contributed by atoms with Gasteiger partial charge in [-0.15, -0.1) is 0 Å². The maximum atomic E-state index is 5.79. The molecule has 1 aliphatic heterocycles. The summed E-state index contributed by atoms with van der Waals surface area (Å²) in [5.41, 5.74) is 2.18. The monoisotopic (exact) mass is 218 g/mol. The van der Waals surface area contributed by atoms with Crippen LogP contribution < -0.4 is 0 Å². The summed E-state index contributed by atoms with van der Waals surface area (Å²) in [6, 6.07) is 7.74. The Kier molecular flexibility index (Phi) is 3.30. The first kappa shape index (κ1) is 10.1. The summed E-state index contributed by atoms with van der Waals surface area (Å²) in [6.45, 7) is 0.687. The molecule has 3 heteroatoms. The van der Waals surface area contributed by atoms with Gasteiger partial charge in [0.05, 0.1) is 12.3 Å². The minimum Gasteiger partial charge on any atom is -0.283 e. The highest BCUT2D eigenvalue weighted by Crippen LogP contribution is 2.10. The molecule has 1 aliphatic rings. The zero-order valence-corrected chi connectivity index (χ0v) is 8.98. The minimum atomic E-state index is 0.687. The SMILES string of the molecule is Clc1ccc(CN=C2C=NC=CC2)cc1. The Morgan fingerprint density at radius 1 is 1.27 bits per heavy atom. The van der Waals surface area contributed by atoms with Crippen molar-refractivity contribution in [1.82, 2.24) is 0 Å². The van der Waals surface area contributed by atoms with Crippen LogP contribution >= 0.6 is 11.6 Å². The van der Waals surface area contributed by atoms with Gasteiger partial charge in [-0.25, -0.2) is 0 Å². The van der Waals surface area contributed by atoms with Crippen molar-refractivity contribution < 1.29 is 0 Å². The zero-order chi connectivity index (χ0) is 10.5. The number of allylic oxidation sites excluding steroid dienone is 1. The molecule has 0 radical (unpaired) electrons. The summed E-state index contributed by atoms with van der Waals surface area (Å²) >= 11 is 5.79. The summed E-state index contributed by atoms with van der Waals surface area (Å²) in [4.78, 5) is 8.48. The van der Waals surface area contributed by atoms with E-state index in [1.54, 1.807) is 12.4 Å². The van der Waals surface area contributed by atoms with Gasteiger partial charge in [0.1, 0.15) is 0 Å². The van der Waals surface area contributed by atoms with Crippen molar-refractivity contribution in [2.24, 2.45) is 9.98 Å². The number of halogens is 1. The molecule has 2 nitrogen and oxygen atoms in total. The molecule has 0 aromatic heterocycles. The molecule has 0 bridgehead atoms. The second-order valence-corrected chi connectivity index (χ2v) is 3.74. The Hall–Kier alpha value is -1.41. The predicted molar refractivity (Wildman–Crippen MR) is 64.8 cm³/mol. The Bertz CT molecular complexity index is 416. The molecule has 0 aliphatic carbocycles. The van der Waals surface area contributed by atoms with Crippen molar-refractivity contribution in [1.29, 1.82) is 0 Å². The number of hydrogen-bond donors (Lipinski definition) is 0. The lowest BCUT2D eigenvalue weighted by Crippen LogP contribution is -2.01. The number of nitrogens with zero attached hydrogens (tertiary/aromatic N) is 2. The predicted octanol–water partition coefficient (Wildman–Crippen LogP) is 3.27. The van der Waals surface area contributed by atoms with Crippen LogP contribution in [0.15, 0.2) is 46.5 Å². The Morgan fingerprint density at radius 2 is 2.07 bits per heavy atom. The third kappa shape index (κ3) is 3.03. The number of rotatable bonds is 2. The van der Waals surface area contributed by atoms with E-state index in [2.05, 4.69) is 9.98 Å². The second kappa shape index (κ2) is 4.89. The third-order valence-corrected chi connectivity index (χ3v) is 2.37. The molecule has 0 atom stereocenters. The summed E-state index contributed by atoms with van der Waals surface area (Å²) in [7, 11) is 0. The number of aliphatic imine (C=N–C) groups is 2. The molecule has 0 saturated carbocycles. The molecular formula is C12H11ClN2. The van der Waals surface area contributed by atoms with Gasteiger partial charge in [0.15, 0.2) is 0 Å². The van der Waals surface area contributed by atoms with Crippen molar-refractivity contribution in [2.45, 2.75) is 13.0 Å². The fourth-order valence-electron chi connectivity index (χ4n) is 1.30. The highest BCUT2D eigenvalue weighted by Gasteiger charge is 1.96. The molecule has 1 aromatic carbocycles. The molecule has 15 heavy (non-hydrogen) atoms. The molecule has 1 heterocycles. The maximum absolute atomic E-state index is 5.79. The Morgan fingerprint density at radius 3 is 2.73 bits per heavy atom. The average Bonchev–Trinajstić information content (AvgIpc) is 2.30. The summed E-state index contributed by atoms with van der Waals surface area (Å²) in [5, 5.41) is 0.758. The lowest BCUT2D eigenvalue weighted by Gasteiger charge is -2.01. The van der Waals surface area contributed by atoms with Crippen molar-refractivity contribution in [3.63, 3.8) is 0 Å². The molecule has 1 aromatic rings. The van der Waals surface area contributed by atoms with Crippen LogP contribution in [0.1, 0.15) is 12.0 Å². The van der Waals surface area contributed by atoms with E-state index in [4.69, 9.17) is 11.6 Å². The van der Waals surface area contributed by atoms with Gasteiger partial charge >= 0.3 is 0 Å². The standard InChI is InChI=1S/C12H11ClN2/c13-11-5-3-10(4-6-11)8-15-12-2-1-7-14-9-12/h1,3-7,9H,2,8H2. The van der Waals surface area contributed by atoms with Crippen LogP contribution in [-0.2, 0) is 6.54 Å². The highest BCUT2D eigenvalue weighted by atomic mass is 35.5. The summed E-state index contributed by atoms with van der Waals surface area (Å²) < 4.78 is 0. The van der Waals surface area contributed by atoms with E-state index in [1.807, 2.05) is 30.3 Å². The van der Waals surface area contributed by atoms with E-state index in [0.717, 1.165) is 22.7 Å². The van der Waals surface area contributed by atoms with Crippen LogP contribution in [0.2, 0.25) is 5.02 Å². The van der Waals surface area contributed by atoms with Gasteiger partial charge in [-0.05, 0) is 17.7 Å². The van der Waals surface area contributed by atoms with Crippen LogP contribution in [-0.4, -0.2) is 11.9 Å². The first-order valence-corrected chi connectivity index (χ1v) is 5.18.